The van der Waals surface area contributed by atoms with E-state index < -0.39 is 0 Å². The number of piperidine rings is 1. The summed E-state index contributed by atoms with van der Waals surface area (Å²) in [7, 11) is 0. The molecule has 0 aliphatic carbocycles. The van der Waals surface area contributed by atoms with E-state index in [9.17, 15) is 5.11 Å². The van der Waals surface area contributed by atoms with E-state index >= 15 is 0 Å². The first-order valence-corrected chi connectivity index (χ1v) is 12.0. The molecule has 1 N–H and O–H groups in total. The molecule has 164 valence electrons. The van der Waals surface area contributed by atoms with Crippen molar-refractivity contribution in [3.63, 3.8) is 0 Å². The van der Waals surface area contributed by atoms with Gasteiger partial charge in [0.2, 0.25) is 5.89 Å². The van der Waals surface area contributed by atoms with Gasteiger partial charge in [0.05, 0.1) is 18.6 Å². The number of aromatic nitrogens is 2. The van der Waals surface area contributed by atoms with Gasteiger partial charge in [-0.05, 0) is 54.4 Å². The Hall–Kier alpha value is -2.80. The molecular formula is C26H27N3O2S. The van der Waals surface area contributed by atoms with Gasteiger partial charge in [0.1, 0.15) is 0 Å². The third kappa shape index (κ3) is 4.67. The molecule has 4 aromatic rings. The Bertz CT molecular complexity index is 1050. The van der Waals surface area contributed by atoms with Gasteiger partial charge >= 0.3 is 0 Å². The standard InChI is InChI=1S/C26H27N3O2S/c30-25(22-12-7-17-32-22)21-13-15-29(16-14-21)18-23-27-26(28-31-23)24(19-8-3-1-4-9-19)20-10-5-2-6-11-20/h1-12,17,21,24-25,30H,13-16,18H2/t25-/m1/s1. The van der Waals surface area contributed by atoms with Crippen LogP contribution in [-0.2, 0) is 6.54 Å². The van der Waals surface area contributed by atoms with Gasteiger partial charge in [-0.1, -0.05) is 71.9 Å². The van der Waals surface area contributed by atoms with Crippen LogP contribution < -0.4 is 0 Å². The summed E-state index contributed by atoms with van der Waals surface area (Å²) < 4.78 is 5.67. The molecule has 0 bridgehead atoms. The summed E-state index contributed by atoms with van der Waals surface area (Å²) in [4.78, 5) is 8.19. The number of nitrogens with zero attached hydrogens (tertiary/aromatic N) is 3. The van der Waals surface area contributed by atoms with Crippen molar-refractivity contribution in [2.24, 2.45) is 5.92 Å². The third-order valence-corrected chi connectivity index (χ3v) is 7.22. The normalized spacial score (nSPS) is 16.4. The van der Waals surface area contributed by atoms with Crippen LogP contribution in [-0.4, -0.2) is 33.2 Å². The number of rotatable bonds is 7. The van der Waals surface area contributed by atoms with Crippen molar-refractivity contribution in [2.45, 2.75) is 31.4 Å². The second-order valence-corrected chi connectivity index (χ2v) is 9.35. The molecule has 0 radical (unpaired) electrons. The maximum Gasteiger partial charge on any atom is 0.240 e. The van der Waals surface area contributed by atoms with E-state index in [1.54, 1.807) is 11.3 Å². The van der Waals surface area contributed by atoms with Crippen LogP contribution in [0.2, 0.25) is 0 Å². The second-order valence-electron chi connectivity index (χ2n) is 8.37. The van der Waals surface area contributed by atoms with Gasteiger partial charge < -0.3 is 9.63 Å². The molecule has 1 aliphatic rings. The lowest BCUT2D eigenvalue weighted by Crippen LogP contribution is -2.35. The van der Waals surface area contributed by atoms with Gasteiger partial charge in [0.25, 0.3) is 0 Å². The number of benzene rings is 2. The van der Waals surface area contributed by atoms with Crippen molar-refractivity contribution < 1.29 is 9.63 Å². The molecule has 2 aromatic heterocycles. The topological polar surface area (TPSA) is 62.4 Å². The van der Waals surface area contributed by atoms with Gasteiger partial charge in [0.15, 0.2) is 5.82 Å². The van der Waals surface area contributed by atoms with Crippen molar-refractivity contribution in [1.82, 2.24) is 15.0 Å². The van der Waals surface area contributed by atoms with Gasteiger partial charge in [-0.25, -0.2) is 0 Å². The number of aliphatic hydroxyl groups excluding tert-OH is 1. The molecule has 1 aliphatic heterocycles. The molecule has 1 saturated heterocycles. The van der Waals surface area contributed by atoms with E-state index in [4.69, 9.17) is 9.51 Å². The summed E-state index contributed by atoms with van der Waals surface area (Å²) in [5.41, 5.74) is 2.30. The fraction of sp³-hybridized carbons (Fsp3) is 0.308. The lowest BCUT2D eigenvalue weighted by Gasteiger charge is -2.33. The Morgan fingerprint density at radius 3 is 2.19 bits per heavy atom. The quantitative estimate of drug-likeness (QED) is 0.421. The van der Waals surface area contributed by atoms with Crippen LogP contribution in [0, 0.1) is 5.92 Å². The van der Waals surface area contributed by atoms with Crippen LogP contribution in [0.4, 0.5) is 0 Å². The molecule has 2 aromatic carbocycles. The Labute approximate surface area is 192 Å². The summed E-state index contributed by atoms with van der Waals surface area (Å²) in [5.74, 6) is 1.60. The second kappa shape index (κ2) is 9.77. The molecule has 0 unspecified atom stereocenters. The maximum atomic E-state index is 10.6. The van der Waals surface area contributed by atoms with Crippen LogP contribution in [0.1, 0.15) is 52.6 Å². The first-order chi connectivity index (χ1) is 15.8. The lowest BCUT2D eigenvalue weighted by molar-refractivity contribution is 0.0560. The number of aliphatic hydroxyl groups is 1. The first kappa shape index (κ1) is 21.1. The molecule has 1 atom stereocenters. The zero-order chi connectivity index (χ0) is 21.8. The highest BCUT2D eigenvalue weighted by atomic mass is 32.1. The molecule has 32 heavy (non-hydrogen) atoms. The molecule has 6 heteroatoms. The fourth-order valence-electron chi connectivity index (χ4n) is 4.54. The largest absolute Gasteiger partial charge is 0.387 e. The average Bonchev–Trinajstić information content (AvgIpc) is 3.54. The van der Waals surface area contributed by atoms with Crippen molar-refractivity contribution in [2.75, 3.05) is 13.1 Å². The van der Waals surface area contributed by atoms with Crippen molar-refractivity contribution in [3.05, 3.63) is 106 Å². The van der Waals surface area contributed by atoms with Gasteiger partial charge in [-0.2, -0.15) is 4.98 Å². The molecule has 0 amide bonds. The Morgan fingerprint density at radius 1 is 0.938 bits per heavy atom. The van der Waals surface area contributed by atoms with Crippen molar-refractivity contribution in [1.29, 1.82) is 0 Å². The number of hydrogen-bond acceptors (Lipinski definition) is 6. The smallest absolute Gasteiger partial charge is 0.240 e. The number of likely N-dealkylation sites (tertiary alicyclic amines) is 1. The van der Waals surface area contributed by atoms with E-state index in [0.717, 1.165) is 41.9 Å². The van der Waals surface area contributed by atoms with Crippen molar-refractivity contribution >= 4 is 11.3 Å². The van der Waals surface area contributed by atoms with E-state index in [2.05, 4.69) is 34.3 Å². The van der Waals surface area contributed by atoms with Crippen LogP contribution in [0.15, 0.2) is 82.7 Å². The zero-order valence-electron chi connectivity index (χ0n) is 17.9. The molecule has 5 rings (SSSR count). The van der Waals surface area contributed by atoms with Crippen molar-refractivity contribution in [3.8, 4) is 0 Å². The van der Waals surface area contributed by atoms with E-state index in [1.807, 2.05) is 53.9 Å². The lowest BCUT2D eigenvalue weighted by atomic mass is 9.90. The summed E-state index contributed by atoms with van der Waals surface area (Å²) in [6.45, 7) is 2.49. The highest BCUT2D eigenvalue weighted by Crippen LogP contribution is 2.34. The Morgan fingerprint density at radius 2 is 1.59 bits per heavy atom. The summed E-state index contributed by atoms with van der Waals surface area (Å²) >= 11 is 1.63. The first-order valence-electron chi connectivity index (χ1n) is 11.1. The summed E-state index contributed by atoms with van der Waals surface area (Å²) in [6, 6.07) is 24.7. The van der Waals surface area contributed by atoms with Gasteiger partial charge in [-0.15, -0.1) is 11.3 Å². The van der Waals surface area contributed by atoms with Gasteiger partial charge in [-0.3, -0.25) is 4.90 Å². The highest BCUT2D eigenvalue weighted by Gasteiger charge is 2.28. The SMILES string of the molecule is O[C@@H](c1cccs1)C1CCN(Cc2nc(C(c3ccccc3)c3ccccc3)no2)CC1. The molecule has 0 spiro atoms. The average molecular weight is 446 g/mol. The Kier molecular flexibility index (Phi) is 6.44. The summed E-state index contributed by atoms with van der Waals surface area (Å²) in [5, 5.41) is 17.0. The van der Waals surface area contributed by atoms with E-state index in [1.165, 1.54) is 0 Å². The van der Waals surface area contributed by atoms with E-state index in [0.29, 0.717) is 24.2 Å². The third-order valence-electron chi connectivity index (χ3n) is 6.28. The minimum Gasteiger partial charge on any atom is -0.387 e. The molecule has 1 fully saturated rings. The number of hydrogen-bond donors (Lipinski definition) is 1. The summed E-state index contributed by atoms with van der Waals surface area (Å²) in [6.07, 6.45) is 1.58. The van der Waals surface area contributed by atoms with E-state index in [-0.39, 0.29) is 12.0 Å². The Balaban J connectivity index is 1.26. The van der Waals surface area contributed by atoms with Crippen LogP contribution >= 0.6 is 11.3 Å². The predicted octanol–water partition coefficient (Wildman–Crippen LogP) is 5.26. The highest BCUT2D eigenvalue weighted by molar-refractivity contribution is 7.10. The van der Waals surface area contributed by atoms with Crippen LogP contribution in [0.25, 0.3) is 0 Å². The molecule has 3 heterocycles. The molecule has 0 saturated carbocycles. The minimum absolute atomic E-state index is 0.0541. The maximum absolute atomic E-state index is 10.6. The van der Waals surface area contributed by atoms with Crippen LogP contribution in [0.3, 0.4) is 0 Å². The molecule has 5 nitrogen and oxygen atoms in total. The van der Waals surface area contributed by atoms with Gasteiger partial charge in [0, 0.05) is 4.88 Å². The fourth-order valence-corrected chi connectivity index (χ4v) is 5.34. The predicted molar refractivity (Wildman–Crippen MR) is 125 cm³/mol. The zero-order valence-corrected chi connectivity index (χ0v) is 18.7. The van der Waals surface area contributed by atoms with Crippen LogP contribution in [0.5, 0.6) is 0 Å². The monoisotopic (exact) mass is 445 g/mol. The minimum atomic E-state index is -0.357. The number of thiophene rings is 1. The molecular weight excluding hydrogens is 418 g/mol.